The third-order valence-corrected chi connectivity index (χ3v) is 3.78. The first-order valence-corrected chi connectivity index (χ1v) is 7.14. The number of ether oxygens (including phenoxy) is 1. The molecule has 0 radical (unpaired) electrons. The third kappa shape index (κ3) is 4.62. The highest BCUT2D eigenvalue weighted by Gasteiger charge is 2.16. The summed E-state index contributed by atoms with van der Waals surface area (Å²) in [5.41, 5.74) is 0.755. The van der Waals surface area contributed by atoms with Gasteiger partial charge >= 0.3 is 0 Å². The van der Waals surface area contributed by atoms with Crippen molar-refractivity contribution in [3.63, 3.8) is 0 Å². The van der Waals surface area contributed by atoms with E-state index >= 15 is 0 Å². The van der Waals surface area contributed by atoms with E-state index in [9.17, 15) is 4.79 Å². The van der Waals surface area contributed by atoms with E-state index in [1.54, 1.807) is 13.2 Å². The fraction of sp³-hybridized carbons (Fsp3) is 0.667. The van der Waals surface area contributed by atoms with Gasteiger partial charge in [-0.1, -0.05) is 38.5 Å². The average Bonchev–Trinajstić information content (AvgIpc) is 2.67. The zero-order valence-electron chi connectivity index (χ0n) is 11.6. The number of hydrogen-bond donors (Lipinski definition) is 0. The molecule has 0 unspecified atom stereocenters. The van der Waals surface area contributed by atoms with Crippen molar-refractivity contribution in [2.24, 2.45) is 5.92 Å². The van der Waals surface area contributed by atoms with Crippen LogP contribution in [0.5, 0.6) is 5.88 Å². The number of rotatable bonds is 5. The van der Waals surface area contributed by atoms with Gasteiger partial charge in [-0.2, -0.15) is 0 Å². The highest BCUT2D eigenvalue weighted by atomic mass is 16.5. The quantitative estimate of drug-likeness (QED) is 0.765. The van der Waals surface area contributed by atoms with E-state index in [2.05, 4.69) is 9.97 Å². The fourth-order valence-electron chi connectivity index (χ4n) is 2.75. The van der Waals surface area contributed by atoms with E-state index in [1.165, 1.54) is 44.9 Å². The van der Waals surface area contributed by atoms with Crippen LogP contribution in [0.15, 0.2) is 12.4 Å². The SMILES string of the molecule is COc1cc(CC(=O)CC2CCCCCC2)ncn1. The minimum Gasteiger partial charge on any atom is -0.481 e. The number of carbonyl (C=O) groups excluding carboxylic acids is 1. The van der Waals surface area contributed by atoms with Crippen LogP contribution < -0.4 is 4.74 Å². The van der Waals surface area contributed by atoms with Crippen molar-refractivity contribution in [1.29, 1.82) is 0 Å². The van der Waals surface area contributed by atoms with E-state index in [1.807, 2.05) is 0 Å². The third-order valence-electron chi connectivity index (χ3n) is 3.78. The van der Waals surface area contributed by atoms with Crippen LogP contribution in [0.2, 0.25) is 0 Å². The molecule has 0 amide bonds. The Balaban J connectivity index is 1.85. The molecule has 19 heavy (non-hydrogen) atoms. The lowest BCUT2D eigenvalue weighted by Crippen LogP contribution is -2.11. The Morgan fingerprint density at radius 1 is 1.26 bits per heavy atom. The highest BCUT2D eigenvalue weighted by Crippen LogP contribution is 2.26. The lowest BCUT2D eigenvalue weighted by molar-refractivity contribution is -0.119. The molecule has 1 fully saturated rings. The summed E-state index contributed by atoms with van der Waals surface area (Å²) >= 11 is 0. The summed E-state index contributed by atoms with van der Waals surface area (Å²) in [7, 11) is 1.57. The second-order valence-electron chi connectivity index (χ2n) is 5.33. The van der Waals surface area contributed by atoms with Crippen LogP contribution in [-0.4, -0.2) is 22.9 Å². The zero-order chi connectivity index (χ0) is 13.5. The van der Waals surface area contributed by atoms with Crippen LogP contribution in [0, 0.1) is 5.92 Å². The molecule has 1 saturated carbocycles. The number of methoxy groups -OCH3 is 1. The summed E-state index contributed by atoms with van der Waals surface area (Å²) in [6, 6.07) is 1.74. The van der Waals surface area contributed by atoms with Gasteiger partial charge in [0.1, 0.15) is 12.1 Å². The van der Waals surface area contributed by atoms with Gasteiger partial charge in [0.05, 0.1) is 12.8 Å². The molecule has 1 heterocycles. The largest absolute Gasteiger partial charge is 0.481 e. The summed E-state index contributed by atoms with van der Waals surface area (Å²) in [5, 5.41) is 0. The van der Waals surface area contributed by atoms with Gasteiger partial charge in [-0.05, 0) is 5.92 Å². The normalized spacial score (nSPS) is 16.9. The second kappa shape index (κ2) is 7.22. The predicted molar refractivity (Wildman–Crippen MR) is 73.1 cm³/mol. The van der Waals surface area contributed by atoms with Crippen LogP contribution in [0.4, 0.5) is 0 Å². The first-order valence-electron chi connectivity index (χ1n) is 7.14. The minimum absolute atomic E-state index is 0.285. The molecule has 1 aliphatic carbocycles. The van der Waals surface area contributed by atoms with E-state index < -0.39 is 0 Å². The van der Waals surface area contributed by atoms with Gasteiger partial charge in [-0.25, -0.2) is 9.97 Å². The zero-order valence-corrected chi connectivity index (χ0v) is 11.6. The van der Waals surface area contributed by atoms with Crippen molar-refractivity contribution >= 4 is 5.78 Å². The Labute approximate surface area is 114 Å². The minimum atomic E-state index is 0.285. The fourth-order valence-corrected chi connectivity index (χ4v) is 2.75. The van der Waals surface area contributed by atoms with Crippen LogP contribution in [0.25, 0.3) is 0 Å². The Hall–Kier alpha value is -1.45. The Morgan fingerprint density at radius 3 is 2.68 bits per heavy atom. The molecule has 2 rings (SSSR count). The molecule has 0 atom stereocenters. The molecule has 0 saturated heterocycles. The maximum Gasteiger partial charge on any atom is 0.216 e. The van der Waals surface area contributed by atoms with Crippen LogP contribution in [-0.2, 0) is 11.2 Å². The smallest absolute Gasteiger partial charge is 0.216 e. The van der Waals surface area contributed by atoms with Crippen LogP contribution >= 0.6 is 0 Å². The van der Waals surface area contributed by atoms with Gasteiger partial charge < -0.3 is 4.74 Å². The number of aromatic nitrogens is 2. The number of Topliss-reactive ketones (excluding diaryl/α,β-unsaturated/α-hetero) is 1. The van der Waals surface area contributed by atoms with Crippen molar-refractivity contribution in [3.8, 4) is 5.88 Å². The first kappa shape index (κ1) is 14.0. The summed E-state index contributed by atoms with van der Waals surface area (Å²) in [4.78, 5) is 20.2. The average molecular weight is 262 g/mol. The van der Waals surface area contributed by atoms with Gasteiger partial charge in [-0.15, -0.1) is 0 Å². The summed E-state index contributed by atoms with van der Waals surface area (Å²) in [6.45, 7) is 0. The summed E-state index contributed by atoms with van der Waals surface area (Å²) in [5.74, 6) is 1.39. The second-order valence-corrected chi connectivity index (χ2v) is 5.33. The number of hydrogen-bond acceptors (Lipinski definition) is 4. The van der Waals surface area contributed by atoms with Crippen molar-refractivity contribution in [2.45, 2.75) is 51.4 Å². The van der Waals surface area contributed by atoms with E-state index in [4.69, 9.17) is 4.74 Å². The topological polar surface area (TPSA) is 52.1 Å². The standard InChI is InChI=1S/C15H22N2O2/c1-19-15-10-13(16-11-17-15)9-14(18)8-12-6-4-2-3-5-7-12/h10-12H,2-9H2,1H3. The number of ketones is 1. The van der Waals surface area contributed by atoms with Crippen molar-refractivity contribution in [3.05, 3.63) is 18.1 Å². The van der Waals surface area contributed by atoms with Crippen molar-refractivity contribution in [1.82, 2.24) is 9.97 Å². The number of nitrogens with zero attached hydrogens (tertiary/aromatic N) is 2. The van der Waals surface area contributed by atoms with E-state index in [0.717, 1.165) is 5.69 Å². The molecule has 4 nitrogen and oxygen atoms in total. The molecular weight excluding hydrogens is 240 g/mol. The molecule has 1 aromatic heterocycles. The van der Waals surface area contributed by atoms with E-state index in [0.29, 0.717) is 24.6 Å². The molecule has 1 aromatic rings. The molecule has 1 aliphatic rings. The van der Waals surface area contributed by atoms with Gasteiger partial charge in [0, 0.05) is 18.9 Å². The molecule has 0 aliphatic heterocycles. The van der Waals surface area contributed by atoms with Gasteiger partial charge in [0.2, 0.25) is 5.88 Å². The lowest BCUT2D eigenvalue weighted by Gasteiger charge is -2.12. The molecule has 104 valence electrons. The Kier molecular flexibility index (Phi) is 5.31. The summed E-state index contributed by atoms with van der Waals surface area (Å²) < 4.78 is 5.04. The van der Waals surface area contributed by atoms with Gasteiger partial charge in [-0.3, -0.25) is 4.79 Å². The van der Waals surface area contributed by atoms with Crippen molar-refractivity contribution < 1.29 is 9.53 Å². The molecule has 4 heteroatoms. The lowest BCUT2D eigenvalue weighted by atomic mass is 9.93. The highest BCUT2D eigenvalue weighted by molar-refractivity contribution is 5.80. The molecule has 0 bridgehead atoms. The Morgan fingerprint density at radius 2 is 2.00 bits per heavy atom. The van der Waals surface area contributed by atoms with Crippen LogP contribution in [0.1, 0.15) is 50.6 Å². The molecule has 0 N–H and O–H groups in total. The van der Waals surface area contributed by atoms with Crippen LogP contribution in [0.3, 0.4) is 0 Å². The van der Waals surface area contributed by atoms with Crippen molar-refractivity contribution in [2.75, 3.05) is 7.11 Å². The molecule has 0 aromatic carbocycles. The monoisotopic (exact) mass is 262 g/mol. The van der Waals surface area contributed by atoms with Gasteiger partial charge in [0.25, 0.3) is 0 Å². The number of carbonyl (C=O) groups is 1. The molecular formula is C15H22N2O2. The van der Waals surface area contributed by atoms with Gasteiger partial charge in [0.15, 0.2) is 0 Å². The summed E-state index contributed by atoms with van der Waals surface area (Å²) in [6.07, 6.45) is 10.2. The maximum absolute atomic E-state index is 12.1. The molecule has 0 spiro atoms. The van der Waals surface area contributed by atoms with E-state index in [-0.39, 0.29) is 5.78 Å². The first-order chi connectivity index (χ1) is 9.28. The predicted octanol–water partition coefficient (Wildman–Crippen LogP) is 2.96. The maximum atomic E-state index is 12.1. The Bertz CT molecular complexity index is 412.